The highest BCUT2D eigenvalue weighted by molar-refractivity contribution is 6.15. The number of carbonyl (C=O) groups excluding carboxylic acids is 2. The maximum absolute atomic E-state index is 13.1. The lowest BCUT2D eigenvalue weighted by Crippen LogP contribution is -2.61. The summed E-state index contributed by atoms with van der Waals surface area (Å²) in [4.78, 5) is 33.4. The van der Waals surface area contributed by atoms with Gasteiger partial charge >= 0.3 is 0 Å². The van der Waals surface area contributed by atoms with Gasteiger partial charge in [-0.15, -0.1) is 0 Å². The van der Waals surface area contributed by atoms with E-state index in [-0.39, 0.29) is 6.54 Å². The van der Waals surface area contributed by atoms with E-state index in [1.54, 1.807) is 0 Å². The summed E-state index contributed by atoms with van der Waals surface area (Å²) in [5, 5.41) is 26.3. The number of amides is 2. The van der Waals surface area contributed by atoms with Crippen LogP contribution in [0.3, 0.4) is 0 Å². The molecule has 0 spiro atoms. The Hall–Kier alpha value is -0.510. The zero-order valence-electron chi connectivity index (χ0n) is 20.1. The Bertz CT molecular complexity index is 655. The van der Waals surface area contributed by atoms with E-state index in [9.17, 15) is 19.8 Å². The monoisotopic (exact) mass is 577 g/mol. The third kappa shape index (κ3) is 10.3. The molecule has 3 rings (SSSR count). The first-order valence-electron chi connectivity index (χ1n) is 12.3. The first kappa shape index (κ1) is 31.7. The van der Waals surface area contributed by atoms with E-state index in [4.69, 9.17) is 49.5 Å². The van der Waals surface area contributed by atoms with Crippen molar-refractivity contribution < 1.29 is 34.0 Å². The second-order valence-corrected chi connectivity index (χ2v) is 9.56. The fraction of sp³-hybridized carbons (Fsp3) is 0.905. The average molecular weight is 579 g/mol. The van der Waals surface area contributed by atoms with Crippen molar-refractivity contribution in [3.63, 3.8) is 0 Å². The molecule has 2 amide bonds. The molecular weight excluding hydrogens is 541 g/mol. The molecule has 0 aromatic heterocycles. The number of nitrogens with one attached hydrogen (secondary N) is 5. The van der Waals surface area contributed by atoms with Gasteiger partial charge in [-0.3, -0.25) is 9.59 Å². The molecule has 0 aromatic carbocycles. The molecule has 3 fully saturated rings. The molecule has 0 saturated carbocycles. The standard InChI is InChI=1S/C21H38Cl3N5O7/c22-26-8-3-1-6-13(28-20(33)14(29-24)7-2-4-9-27-23)19(32)25-12-15-18-16(30)17(31)21(36-15)35-11-5-10-34-18/h13-18,21,26-27,29-31H,1-12H2,(H,25,32)(H,28,33)/t13-,14-,15?,16?,17?,18?,21?/m0/s1. The second kappa shape index (κ2) is 17.9. The molecule has 36 heavy (non-hydrogen) atoms. The van der Waals surface area contributed by atoms with Crippen LogP contribution >= 0.6 is 35.3 Å². The van der Waals surface area contributed by atoms with E-state index in [2.05, 4.69) is 25.1 Å². The number of hydrogen-bond acceptors (Lipinski definition) is 10. The van der Waals surface area contributed by atoms with E-state index in [0.717, 1.165) is 6.42 Å². The molecule has 7 N–H and O–H groups in total. The molecule has 210 valence electrons. The lowest BCUT2D eigenvalue weighted by molar-refractivity contribution is -0.292. The summed E-state index contributed by atoms with van der Waals surface area (Å²) in [6, 6.07) is -1.51. The van der Waals surface area contributed by atoms with E-state index in [1.807, 2.05) is 0 Å². The van der Waals surface area contributed by atoms with Crippen LogP contribution in [-0.4, -0.2) is 97.7 Å². The summed E-state index contributed by atoms with van der Waals surface area (Å²) in [7, 11) is 0. The molecule has 3 aliphatic rings. The number of aliphatic hydroxyl groups is 2. The van der Waals surface area contributed by atoms with Crippen LogP contribution in [0.2, 0.25) is 0 Å². The third-order valence-electron chi connectivity index (χ3n) is 6.11. The smallest absolute Gasteiger partial charge is 0.242 e. The maximum atomic E-state index is 13.1. The predicted octanol–water partition coefficient (Wildman–Crippen LogP) is -0.221. The minimum Gasteiger partial charge on any atom is -0.387 e. The summed E-state index contributed by atoms with van der Waals surface area (Å²) < 4.78 is 17.0. The van der Waals surface area contributed by atoms with Crippen molar-refractivity contribution in [2.24, 2.45) is 0 Å². The lowest BCUT2D eigenvalue weighted by atomic mass is 9.98. The fourth-order valence-corrected chi connectivity index (χ4v) is 4.55. The van der Waals surface area contributed by atoms with Crippen molar-refractivity contribution in [1.29, 1.82) is 0 Å². The number of halogens is 3. The van der Waals surface area contributed by atoms with E-state index in [0.29, 0.717) is 64.8 Å². The molecule has 7 atom stereocenters. The van der Waals surface area contributed by atoms with Crippen LogP contribution in [0.5, 0.6) is 0 Å². The van der Waals surface area contributed by atoms with E-state index in [1.165, 1.54) is 0 Å². The third-order valence-corrected chi connectivity index (χ3v) is 6.75. The van der Waals surface area contributed by atoms with Gasteiger partial charge in [-0.2, -0.15) is 0 Å². The van der Waals surface area contributed by atoms with E-state index >= 15 is 0 Å². The van der Waals surface area contributed by atoms with Gasteiger partial charge in [0.05, 0.1) is 6.61 Å². The Morgan fingerprint density at radius 2 is 1.50 bits per heavy atom. The summed E-state index contributed by atoms with van der Waals surface area (Å²) in [6.45, 7) is 1.77. The average Bonchev–Trinajstić information content (AvgIpc) is 3.01. The van der Waals surface area contributed by atoms with Crippen LogP contribution in [-0.2, 0) is 23.8 Å². The highest BCUT2D eigenvalue weighted by atomic mass is 35.5. The van der Waals surface area contributed by atoms with Gasteiger partial charge in [0.15, 0.2) is 6.29 Å². The summed E-state index contributed by atoms with van der Waals surface area (Å²) in [5.74, 6) is -0.815. The Morgan fingerprint density at radius 3 is 2.14 bits per heavy atom. The van der Waals surface area contributed by atoms with Crippen molar-refractivity contribution in [2.75, 3.05) is 32.8 Å². The molecule has 5 unspecified atom stereocenters. The highest BCUT2D eigenvalue weighted by Gasteiger charge is 2.46. The van der Waals surface area contributed by atoms with Crippen LogP contribution in [0.25, 0.3) is 0 Å². The zero-order chi connectivity index (χ0) is 26.3. The van der Waals surface area contributed by atoms with Gasteiger partial charge in [0, 0.05) is 26.2 Å². The van der Waals surface area contributed by atoms with Crippen LogP contribution in [0.15, 0.2) is 0 Å². The van der Waals surface area contributed by atoms with Gasteiger partial charge in [0.2, 0.25) is 11.8 Å². The number of carbonyl (C=O) groups is 2. The first-order valence-corrected chi connectivity index (χ1v) is 13.4. The summed E-state index contributed by atoms with van der Waals surface area (Å²) >= 11 is 16.8. The zero-order valence-corrected chi connectivity index (χ0v) is 22.4. The minimum absolute atomic E-state index is 0.00857. The highest BCUT2D eigenvalue weighted by Crippen LogP contribution is 2.26. The van der Waals surface area contributed by atoms with Crippen molar-refractivity contribution in [2.45, 2.75) is 87.7 Å². The number of hydrogen-bond donors (Lipinski definition) is 7. The fourth-order valence-electron chi connectivity index (χ4n) is 4.07. The molecule has 12 nitrogen and oxygen atoms in total. The largest absolute Gasteiger partial charge is 0.387 e. The SMILES string of the molecule is O=C(N[C@@H](CCCCNCl)C(=O)NCC1OC2OCCCOC1C(O)C2O)[C@H](CCCCNCl)NCl. The molecule has 0 aromatic rings. The topological polar surface area (TPSA) is 162 Å². The van der Waals surface area contributed by atoms with Crippen molar-refractivity contribution in [3.05, 3.63) is 0 Å². The molecule has 3 heterocycles. The molecular formula is C21H38Cl3N5O7. The Morgan fingerprint density at radius 1 is 0.861 bits per heavy atom. The first-order chi connectivity index (χ1) is 17.4. The lowest BCUT2D eigenvalue weighted by Gasteiger charge is -2.41. The predicted molar refractivity (Wildman–Crippen MR) is 134 cm³/mol. The molecule has 2 bridgehead atoms. The van der Waals surface area contributed by atoms with Crippen molar-refractivity contribution in [1.82, 2.24) is 25.1 Å². The molecule has 3 aliphatic heterocycles. The number of fused-ring (bicyclic) bond motifs is 6. The van der Waals surface area contributed by atoms with Gasteiger partial charge in [-0.25, -0.2) is 14.5 Å². The van der Waals surface area contributed by atoms with Gasteiger partial charge in [0.1, 0.15) is 36.5 Å². The van der Waals surface area contributed by atoms with Crippen LogP contribution in [0.1, 0.15) is 44.9 Å². The van der Waals surface area contributed by atoms with E-state index < -0.39 is 54.6 Å². The molecule has 15 heteroatoms. The quantitative estimate of drug-likeness (QED) is 0.0963. The summed E-state index contributed by atoms with van der Waals surface area (Å²) in [6.07, 6.45) is -0.884. The number of ether oxygens (including phenoxy) is 3. The molecule has 3 saturated heterocycles. The molecule has 0 radical (unpaired) electrons. The molecule has 0 aliphatic carbocycles. The van der Waals surface area contributed by atoms with Crippen LogP contribution < -0.4 is 25.1 Å². The number of aliphatic hydroxyl groups excluding tert-OH is 2. The maximum Gasteiger partial charge on any atom is 0.242 e. The van der Waals surface area contributed by atoms with Gasteiger partial charge in [0.25, 0.3) is 0 Å². The van der Waals surface area contributed by atoms with Gasteiger partial charge in [-0.05, 0) is 73.9 Å². The van der Waals surface area contributed by atoms with Crippen molar-refractivity contribution >= 4 is 47.1 Å². The Balaban J connectivity index is 1.98. The van der Waals surface area contributed by atoms with Gasteiger partial charge in [-0.1, -0.05) is 6.42 Å². The number of rotatable bonds is 16. The van der Waals surface area contributed by atoms with Crippen molar-refractivity contribution in [3.8, 4) is 0 Å². The van der Waals surface area contributed by atoms with Gasteiger partial charge < -0.3 is 35.1 Å². The Kier molecular flexibility index (Phi) is 15.8. The minimum atomic E-state index is -1.26. The normalized spacial score (nSPS) is 28.0. The van der Waals surface area contributed by atoms with Crippen LogP contribution in [0.4, 0.5) is 0 Å². The van der Waals surface area contributed by atoms with Crippen LogP contribution in [0, 0.1) is 0 Å². The summed E-state index contributed by atoms with van der Waals surface area (Å²) in [5.41, 5.74) is 0. The second-order valence-electron chi connectivity index (χ2n) is 8.81. The number of unbranched alkanes of at least 4 members (excludes halogenated alkanes) is 2. The Labute approximate surface area is 226 Å².